The molecule has 102 valence electrons. The Morgan fingerprint density at radius 3 is 1.56 bits per heavy atom. The zero-order valence-electron chi connectivity index (χ0n) is 13.2. The maximum atomic E-state index is 2.44. The van der Waals surface area contributed by atoms with E-state index in [1.165, 1.54) is 18.4 Å². The van der Waals surface area contributed by atoms with Crippen LogP contribution in [0.5, 0.6) is 0 Å². The second-order valence-electron chi connectivity index (χ2n) is 6.50. The molecule has 0 nitrogen and oxygen atoms in total. The fourth-order valence-corrected chi connectivity index (χ4v) is 6.64. The maximum Gasteiger partial charge on any atom is -0.0109 e. The molecule has 0 heterocycles. The molecule has 0 bridgehead atoms. The molecule has 0 saturated carbocycles. The van der Waals surface area contributed by atoms with Crippen molar-refractivity contribution >= 4 is 13.2 Å². The van der Waals surface area contributed by atoms with Crippen LogP contribution < -0.4 is 5.30 Å². The second kappa shape index (κ2) is 5.74. The highest BCUT2D eigenvalue weighted by Crippen LogP contribution is 2.60. The van der Waals surface area contributed by atoms with Gasteiger partial charge in [0.05, 0.1) is 0 Å². The van der Waals surface area contributed by atoms with Gasteiger partial charge in [0.15, 0.2) is 0 Å². The summed E-state index contributed by atoms with van der Waals surface area (Å²) in [4.78, 5) is 0. The molecule has 0 unspecified atom stereocenters. The second-order valence-corrected chi connectivity index (χ2v) is 10.1. The molecule has 0 fully saturated rings. The highest BCUT2D eigenvalue weighted by atomic mass is 31.1. The van der Waals surface area contributed by atoms with E-state index in [-0.39, 0.29) is 7.92 Å². The third-order valence-corrected chi connectivity index (χ3v) is 8.10. The lowest BCUT2D eigenvalue weighted by molar-refractivity contribution is 0.610. The summed E-state index contributed by atoms with van der Waals surface area (Å²) >= 11 is 0. The summed E-state index contributed by atoms with van der Waals surface area (Å²) in [6.45, 7) is 16.6. The van der Waals surface area contributed by atoms with E-state index in [4.69, 9.17) is 0 Å². The summed E-state index contributed by atoms with van der Waals surface area (Å²) in [7, 11) is -0.155. The molecule has 1 aromatic carbocycles. The zero-order chi connectivity index (χ0) is 14.0. The molecule has 0 aliphatic rings. The summed E-state index contributed by atoms with van der Waals surface area (Å²) in [6.07, 6.45) is 2.49. The summed E-state index contributed by atoms with van der Waals surface area (Å²) in [5, 5.41) is 2.38. The van der Waals surface area contributed by atoms with Gasteiger partial charge in [0.2, 0.25) is 0 Å². The van der Waals surface area contributed by atoms with Gasteiger partial charge in [0.1, 0.15) is 0 Å². The first kappa shape index (κ1) is 15.7. The predicted octanol–water partition coefficient (Wildman–Crippen LogP) is 5.48. The molecule has 1 heteroatoms. The van der Waals surface area contributed by atoms with Crippen molar-refractivity contribution in [3.8, 4) is 0 Å². The first-order chi connectivity index (χ1) is 8.24. The molecule has 0 aliphatic heterocycles. The van der Waals surface area contributed by atoms with Gasteiger partial charge in [-0.3, -0.25) is 0 Å². The summed E-state index contributed by atoms with van der Waals surface area (Å²) < 4.78 is 0. The van der Waals surface area contributed by atoms with E-state index in [0.717, 1.165) is 0 Å². The molecule has 0 spiro atoms. The molecular formula is C17H29P. The van der Waals surface area contributed by atoms with Crippen molar-refractivity contribution in [2.75, 3.05) is 0 Å². The third kappa shape index (κ3) is 3.35. The van der Waals surface area contributed by atoms with Gasteiger partial charge in [-0.15, -0.1) is 0 Å². The molecule has 0 saturated heterocycles. The summed E-state index contributed by atoms with van der Waals surface area (Å²) in [5.41, 5.74) is 1.36. The maximum absolute atomic E-state index is 2.44. The number of aryl methyl sites for hydroxylation is 1. The van der Waals surface area contributed by atoms with Gasteiger partial charge >= 0.3 is 0 Å². The van der Waals surface area contributed by atoms with Gasteiger partial charge in [-0.2, -0.15) is 0 Å². The van der Waals surface area contributed by atoms with Crippen LogP contribution in [-0.2, 0) is 0 Å². The van der Waals surface area contributed by atoms with Gasteiger partial charge < -0.3 is 0 Å². The van der Waals surface area contributed by atoms with Crippen molar-refractivity contribution in [2.45, 2.75) is 71.6 Å². The molecular weight excluding hydrogens is 235 g/mol. The summed E-state index contributed by atoms with van der Waals surface area (Å²) in [6, 6.07) is 9.25. The van der Waals surface area contributed by atoms with Gasteiger partial charge in [0.25, 0.3) is 0 Å². The lowest BCUT2D eigenvalue weighted by Gasteiger charge is -2.45. The van der Waals surface area contributed by atoms with Gasteiger partial charge in [0, 0.05) is 0 Å². The molecule has 0 atom stereocenters. The normalized spacial score (nSPS) is 13.1. The lowest BCUT2D eigenvalue weighted by atomic mass is 10.1. The van der Waals surface area contributed by atoms with Crippen LogP contribution in [0.2, 0.25) is 0 Å². The molecule has 0 aromatic heterocycles. The fraction of sp³-hybridized carbons (Fsp3) is 0.647. The van der Waals surface area contributed by atoms with Crippen LogP contribution in [0.4, 0.5) is 0 Å². The zero-order valence-corrected chi connectivity index (χ0v) is 14.1. The van der Waals surface area contributed by atoms with Crippen molar-refractivity contribution in [3.05, 3.63) is 29.8 Å². The SMILES string of the molecule is CCC(C)(C)P(c1ccc(C)cc1)C(C)(C)CC. The topological polar surface area (TPSA) is 0 Å². The number of hydrogen-bond acceptors (Lipinski definition) is 0. The van der Waals surface area contributed by atoms with Crippen molar-refractivity contribution in [1.29, 1.82) is 0 Å². The van der Waals surface area contributed by atoms with E-state index in [2.05, 4.69) is 72.7 Å². The van der Waals surface area contributed by atoms with E-state index in [0.29, 0.717) is 10.3 Å². The third-order valence-electron chi connectivity index (χ3n) is 4.23. The van der Waals surface area contributed by atoms with Crippen LogP contribution in [0.25, 0.3) is 0 Å². The molecule has 0 amide bonds. The first-order valence-corrected chi connectivity index (χ1v) is 8.46. The van der Waals surface area contributed by atoms with Crippen LogP contribution in [0, 0.1) is 6.92 Å². The van der Waals surface area contributed by atoms with Crippen molar-refractivity contribution in [3.63, 3.8) is 0 Å². The Kier molecular flexibility index (Phi) is 5.01. The van der Waals surface area contributed by atoms with Crippen LogP contribution in [0.15, 0.2) is 24.3 Å². The molecule has 18 heavy (non-hydrogen) atoms. The highest BCUT2D eigenvalue weighted by molar-refractivity contribution is 7.68. The Morgan fingerprint density at radius 1 is 0.833 bits per heavy atom. The number of hydrogen-bond donors (Lipinski definition) is 0. The average molecular weight is 264 g/mol. The van der Waals surface area contributed by atoms with Crippen LogP contribution in [0.1, 0.15) is 59.9 Å². The van der Waals surface area contributed by atoms with Gasteiger partial charge in [-0.1, -0.05) is 79.3 Å². The highest BCUT2D eigenvalue weighted by Gasteiger charge is 2.39. The van der Waals surface area contributed by atoms with E-state index in [1.54, 1.807) is 5.30 Å². The van der Waals surface area contributed by atoms with E-state index >= 15 is 0 Å². The minimum atomic E-state index is -0.155. The Bertz CT molecular complexity index is 357. The first-order valence-electron chi connectivity index (χ1n) is 7.11. The summed E-state index contributed by atoms with van der Waals surface area (Å²) in [5.74, 6) is 0. The minimum absolute atomic E-state index is 0.155. The minimum Gasteiger partial charge on any atom is -0.0645 e. The molecule has 1 aromatic rings. The van der Waals surface area contributed by atoms with E-state index in [1.807, 2.05) is 0 Å². The van der Waals surface area contributed by atoms with E-state index in [9.17, 15) is 0 Å². The molecule has 0 aliphatic carbocycles. The molecule has 0 N–H and O–H groups in total. The van der Waals surface area contributed by atoms with Crippen molar-refractivity contribution in [1.82, 2.24) is 0 Å². The Morgan fingerprint density at radius 2 is 1.22 bits per heavy atom. The monoisotopic (exact) mass is 264 g/mol. The van der Waals surface area contributed by atoms with Crippen LogP contribution in [-0.4, -0.2) is 10.3 Å². The standard InChI is InChI=1S/C17H29P/c1-8-16(4,5)18(17(6,7)9-2)15-12-10-14(3)11-13-15/h10-13H,8-9H2,1-7H3. The Balaban J connectivity index is 3.25. The molecule has 0 radical (unpaired) electrons. The van der Waals surface area contributed by atoms with Crippen LogP contribution >= 0.6 is 7.92 Å². The van der Waals surface area contributed by atoms with Crippen molar-refractivity contribution in [2.24, 2.45) is 0 Å². The smallest absolute Gasteiger partial charge is 0.0109 e. The lowest BCUT2D eigenvalue weighted by Crippen LogP contribution is -2.34. The van der Waals surface area contributed by atoms with E-state index < -0.39 is 0 Å². The fourth-order valence-electron chi connectivity index (χ4n) is 2.53. The molecule has 1 rings (SSSR count). The van der Waals surface area contributed by atoms with Crippen LogP contribution in [0.3, 0.4) is 0 Å². The Labute approximate surface area is 115 Å². The van der Waals surface area contributed by atoms with Crippen molar-refractivity contribution < 1.29 is 0 Å². The number of rotatable bonds is 5. The van der Waals surface area contributed by atoms with Gasteiger partial charge in [-0.05, 0) is 35.4 Å². The predicted molar refractivity (Wildman–Crippen MR) is 86.5 cm³/mol. The number of benzene rings is 1. The Hall–Kier alpha value is -0.350. The van der Waals surface area contributed by atoms with Gasteiger partial charge in [-0.25, -0.2) is 0 Å². The largest absolute Gasteiger partial charge is 0.0645 e. The average Bonchev–Trinajstić information content (AvgIpc) is 2.31. The quantitative estimate of drug-likeness (QED) is 0.618.